The van der Waals surface area contributed by atoms with Crippen LogP contribution in [-0.4, -0.2) is 47.7 Å². The van der Waals surface area contributed by atoms with Gasteiger partial charge in [0.1, 0.15) is 16.6 Å². The van der Waals surface area contributed by atoms with Crippen molar-refractivity contribution in [3.8, 4) is 11.3 Å². The van der Waals surface area contributed by atoms with E-state index in [0.29, 0.717) is 37.2 Å². The number of aromatic amines is 1. The van der Waals surface area contributed by atoms with Crippen LogP contribution in [0.25, 0.3) is 11.3 Å². The highest BCUT2D eigenvalue weighted by atomic mass is 35.5. The van der Waals surface area contributed by atoms with Gasteiger partial charge in [0.05, 0.1) is 23.3 Å². The number of carbonyl (C=O) groups is 2. The van der Waals surface area contributed by atoms with Gasteiger partial charge in [0.25, 0.3) is 5.91 Å². The van der Waals surface area contributed by atoms with Crippen LogP contribution in [0.15, 0.2) is 30.6 Å². The van der Waals surface area contributed by atoms with Crippen LogP contribution in [0.3, 0.4) is 0 Å². The predicted molar refractivity (Wildman–Crippen MR) is 133 cm³/mol. The molecule has 0 fully saturated rings. The highest BCUT2D eigenvalue weighted by molar-refractivity contribution is 6.44. The second kappa shape index (κ2) is 12.0. The van der Waals surface area contributed by atoms with E-state index in [2.05, 4.69) is 30.9 Å². The largest absolute Gasteiger partial charge is 0.339 e. The highest BCUT2D eigenvalue weighted by Gasteiger charge is 2.23. The zero-order chi connectivity index (χ0) is 24.7. The number of anilines is 1. The Bertz CT molecular complexity index is 1110. The standard InChI is InChI=1S/C23H29Cl2N7O2/c1-4-16-21(14(3)30-31-16)17-10-9-15(13-26-17)28-22(33)18(7-6-8-20(24)25)29-23(34)19-11-12-27-32(19)5-2/h9-13,18,20H,4-8H2,1-3H3,(H,28,33)(H,29,34)(H,30,31)/t18-/m0/s1. The molecule has 0 unspecified atom stereocenters. The number of nitrogens with zero attached hydrogens (tertiary/aromatic N) is 4. The monoisotopic (exact) mass is 505 g/mol. The van der Waals surface area contributed by atoms with E-state index in [1.807, 2.05) is 26.8 Å². The van der Waals surface area contributed by atoms with E-state index in [1.54, 1.807) is 29.2 Å². The smallest absolute Gasteiger partial charge is 0.270 e. The normalized spacial score (nSPS) is 12.1. The molecule has 3 aromatic rings. The van der Waals surface area contributed by atoms with Crippen LogP contribution >= 0.6 is 23.2 Å². The van der Waals surface area contributed by atoms with E-state index < -0.39 is 10.9 Å². The second-order valence-electron chi connectivity index (χ2n) is 7.83. The fourth-order valence-corrected chi connectivity index (χ4v) is 3.98. The number of aromatic nitrogens is 5. The minimum Gasteiger partial charge on any atom is -0.339 e. The van der Waals surface area contributed by atoms with Gasteiger partial charge in [0.15, 0.2) is 0 Å². The molecule has 3 heterocycles. The number of nitrogens with one attached hydrogen (secondary N) is 3. The molecule has 0 saturated carbocycles. The molecule has 0 bridgehead atoms. The Morgan fingerprint density at radius 3 is 2.62 bits per heavy atom. The number of pyridine rings is 1. The summed E-state index contributed by atoms with van der Waals surface area (Å²) >= 11 is 11.7. The molecule has 9 nitrogen and oxygen atoms in total. The van der Waals surface area contributed by atoms with Gasteiger partial charge in [-0.1, -0.05) is 6.92 Å². The minimum absolute atomic E-state index is 0.347. The van der Waals surface area contributed by atoms with Gasteiger partial charge >= 0.3 is 0 Å². The molecule has 3 aromatic heterocycles. The summed E-state index contributed by atoms with van der Waals surface area (Å²) in [5, 5.41) is 17.1. The van der Waals surface area contributed by atoms with Gasteiger partial charge in [-0.2, -0.15) is 10.2 Å². The Hall–Kier alpha value is -2.91. The molecule has 182 valence electrons. The van der Waals surface area contributed by atoms with Crippen molar-refractivity contribution in [3.63, 3.8) is 0 Å². The Balaban J connectivity index is 1.72. The van der Waals surface area contributed by atoms with E-state index in [-0.39, 0.29) is 11.8 Å². The quantitative estimate of drug-likeness (QED) is 0.336. The van der Waals surface area contributed by atoms with Crippen molar-refractivity contribution in [2.75, 3.05) is 5.32 Å². The molecule has 3 N–H and O–H groups in total. The third-order valence-electron chi connectivity index (χ3n) is 5.43. The molecule has 0 spiro atoms. The predicted octanol–water partition coefficient (Wildman–Crippen LogP) is 4.27. The van der Waals surface area contributed by atoms with Gasteiger partial charge in [0.2, 0.25) is 5.91 Å². The van der Waals surface area contributed by atoms with Crippen LogP contribution < -0.4 is 10.6 Å². The van der Waals surface area contributed by atoms with Crippen LogP contribution in [0.2, 0.25) is 0 Å². The number of amides is 2. The molecule has 34 heavy (non-hydrogen) atoms. The summed E-state index contributed by atoms with van der Waals surface area (Å²) in [5.74, 6) is -0.719. The molecular weight excluding hydrogens is 477 g/mol. The first kappa shape index (κ1) is 25.7. The van der Waals surface area contributed by atoms with E-state index in [1.165, 1.54) is 0 Å². The highest BCUT2D eigenvalue weighted by Crippen LogP contribution is 2.25. The average Bonchev–Trinajstić information content (AvgIpc) is 3.45. The van der Waals surface area contributed by atoms with Crippen molar-refractivity contribution in [2.24, 2.45) is 0 Å². The fraction of sp³-hybridized carbons (Fsp3) is 0.435. The van der Waals surface area contributed by atoms with Crippen LogP contribution in [0, 0.1) is 6.92 Å². The molecule has 0 radical (unpaired) electrons. The Kier molecular flexibility index (Phi) is 9.06. The molecule has 0 saturated heterocycles. The number of alkyl halides is 2. The third kappa shape index (κ3) is 6.36. The van der Waals surface area contributed by atoms with E-state index in [9.17, 15) is 9.59 Å². The summed E-state index contributed by atoms with van der Waals surface area (Å²) in [6.45, 7) is 6.41. The summed E-state index contributed by atoms with van der Waals surface area (Å²) < 4.78 is 1.57. The summed E-state index contributed by atoms with van der Waals surface area (Å²) in [4.78, 5) is 29.8. The zero-order valence-corrected chi connectivity index (χ0v) is 21.0. The molecule has 0 aliphatic heterocycles. The number of rotatable bonds is 11. The van der Waals surface area contributed by atoms with Gasteiger partial charge in [-0.05, 0) is 57.7 Å². The summed E-state index contributed by atoms with van der Waals surface area (Å²) in [7, 11) is 0. The number of H-pyrrole nitrogens is 1. The number of aryl methyl sites for hydroxylation is 3. The summed E-state index contributed by atoms with van der Waals surface area (Å²) in [6.07, 6.45) is 5.39. The zero-order valence-electron chi connectivity index (χ0n) is 19.4. The van der Waals surface area contributed by atoms with Crippen LogP contribution in [0.4, 0.5) is 5.69 Å². The Labute approximate surface area is 208 Å². The Morgan fingerprint density at radius 2 is 1.97 bits per heavy atom. The van der Waals surface area contributed by atoms with Gasteiger partial charge in [-0.15, -0.1) is 23.2 Å². The van der Waals surface area contributed by atoms with Crippen LogP contribution in [0.5, 0.6) is 0 Å². The first-order valence-electron chi connectivity index (χ1n) is 11.3. The summed E-state index contributed by atoms with van der Waals surface area (Å²) in [5.41, 5.74) is 4.53. The third-order valence-corrected chi connectivity index (χ3v) is 5.87. The lowest BCUT2D eigenvalue weighted by Gasteiger charge is -2.19. The van der Waals surface area contributed by atoms with Gasteiger partial charge in [-0.25, -0.2) is 0 Å². The minimum atomic E-state index is -0.776. The maximum atomic E-state index is 13.1. The van der Waals surface area contributed by atoms with Gasteiger partial charge in [-0.3, -0.25) is 24.4 Å². The van der Waals surface area contributed by atoms with Crippen molar-refractivity contribution < 1.29 is 9.59 Å². The van der Waals surface area contributed by atoms with Crippen molar-refractivity contribution in [1.82, 2.24) is 30.3 Å². The fourth-order valence-electron chi connectivity index (χ4n) is 3.68. The first-order chi connectivity index (χ1) is 16.3. The van der Waals surface area contributed by atoms with Crippen molar-refractivity contribution in [1.29, 1.82) is 0 Å². The molecule has 11 heteroatoms. The van der Waals surface area contributed by atoms with Crippen LogP contribution in [0.1, 0.15) is 55.0 Å². The molecule has 0 aliphatic rings. The number of carbonyl (C=O) groups excluding carboxylic acids is 2. The lowest BCUT2D eigenvalue weighted by atomic mass is 10.1. The first-order valence-corrected chi connectivity index (χ1v) is 12.1. The number of halogens is 2. The lowest BCUT2D eigenvalue weighted by molar-refractivity contribution is -0.118. The lowest BCUT2D eigenvalue weighted by Crippen LogP contribution is -2.44. The topological polar surface area (TPSA) is 118 Å². The Morgan fingerprint density at radius 1 is 1.18 bits per heavy atom. The van der Waals surface area contributed by atoms with Gasteiger partial charge < -0.3 is 10.6 Å². The maximum Gasteiger partial charge on any atom is 0.270 e. The molecule has 0 aliphatic carbocycles. The van der Waals surface area contributed by atoms with Crippen LogP contribution in [-0.2, 0) is 17.8 Å². The summed E-state index contributed by atoms with van der Waals surface area (Å²) in [6, 6.07) is 4.46. The van der Waals surface area contributed by atoms with Crippen molar-refractivity contribution in [2.45, 2.75) is 63.9 Å². The molecule has 0 aromatic carbocycles. The SMILES string of the molecule is CCc1n[nH]c(C)c1-c1ccc(NC(=O)[C@H](CCCC(Cl)Cl)NC(=O)c2ccnn2CC)cn1. The van der Waals surface area contributed by atoms with E-state index in [0.717, 1.165) is 29.1 Å². The number of hydrogen-bond donors (Lipinski definition) is 3. The molecule has 3 rings (SSSR count). The van der Waals surface area contributed by atoms with Gasteiger partial charge in [0, 0.05) is 24.0 Å². The molecule has 1 atom stereocenters. The average molecular weight is 506 g/mol. The molecule has 2 amide bonds. The maximum absolute atomic E-state index is 13.1. The van der Waals surface area contributed by atoms with E-state index in [4.69, 9.17) is 23.2 Å². The molecular formula is C23H29Cl2N7O2. The van der Waals surface area contributed by atoms with Crippen molar-refractivity contribution in [3.05, 3.63) is 47.7 Å². The van der Waals surface area contributed by atoms with E-state index >= 15 is 0 Å². The second-order valence-corrected chi connectivity index (χ2v) is 9.10. The number of hydrogen-bond acceptors (Lipinski definition) is 5. The van der Waals surface area contributed by atoms with Crippen molar-refractivity contribution >= 4 is 40.7 Å².